The maximum Gasteiger partial charge on any atom is 1.00 e. The molecule has 2 aliphatic heterocycles. The van der Waals surface area contributed by atoms with Crippen LogP contribution in [0.4, 0.5) is 28.9 Å². The average Bonchev–Trinajstić information content (AvgIpc) is 2.82. The van der Waals surface area contributed by atoms with Crippen LogP contribution in [0.15, 0.2) is 48.5 Å². The Morgan fingerprint density at radius 1 is 0.789 bits per heavy atom. The van der Waals surface area contributed by atoms with E-state index in [-0.39, 0.29) is 45.0 Å². The number of esters is 1. The van der Waals surface area contributed by atoms with Crippen molar-refractivity contribution in [1.82, 2.24) is 0 Å². The zero-order valence-corrected chi connectivity index (χ0v) is 21.5. The van der Waals surface area contributed by atoms with Crippen LogP contribution < -0.4 is 33.8 Å². The summed E-state index contributed by atoms with van der Waals surface area (Å²) in [6, 6.07) is 13.1. The molecule has 8 nitrogen and oxygen atoms in total. The first-order valence-corrected chi connectivity index (χ1v) is 11.2. The van der Waals surface area contributed by atoms with E-state index in [4.69, 9.17) is 9.47 Å². The summed E-state index contributed by atoms with van der Waals surface area (Å²) in [5.74, 6) is -7.17. The monoisotopic (exact) mass is 534 g/mol. The van der Waals surface area contributed by atoms with Crippen molar-refractivity contribution in [2.24, 2.45) is 0 Å². The van der Waals surface area contributed by atoms with Gasteiger partial charge in [-0.2, -0.15) is 0 Å². The summed E-state index contributed by atoms with van der Waals surface area (Å²) in [5.41, 5.74) is 2.17. The maximum absolute atomic E-state index is 12.8. The Bertz CT molecular complexity index is 1110. The van der Waals surface area contributed by atoms with Gasteiger partial charge in [-0.25, -0.2) is 22.4 Å². The van der Waals surface area contributed by atoms with Crippen molar-refractivity contribution in [2.45, 2.75) is 24.1 Å². The molecule has 0 aliphatic carbocycles. The number of carboxylic acids is 1. The molecule has 2 unspecified atom stereocenters. The number of methoxy groups -OCH3 is 3. The summed E-state index contributed by atoms with van der Waals surface area (Å²) in [4.78, 5) is 25.4. The molecule has 4 rings (SSSR count). The van der Waals surface area contributed by atoms with Crippen LogP contribution in [0.1, 0.15) is 23.3 Å². The second kappa shape index (κ2) is 12.8. The topological polar surface area (TPSA) is 91.4 Å². The van der Waals surface area contributed by atoms with Crippen LogP contribution >= 0.6 is 0 Å². The number of carboxylic acid groups (broad SMARTS) is 1. The van der Waals surface area contributed by atoms with E-state index in [0.29, 0.717) is 22.5 Å². The number of nitrogens with zero attached hydrogens (tertiary/aromatic N) is 2. The molecule has 0 bridgehead atoms. The average molecular weight is 534 g/mol. The van der Waals surface area contributed by atoms with Crippen molar-refractivity contribution in [3.8, 4) is 0 Å². The zero-order valence-electron chi connectivity index (χ0n) is 21.5. The molecule has 0 radical (unpaired) electrons. The van der Waals surface area contributed by atoms with E-state index in [2.05, 4.69) is 4.74 Å². The molecule has 2 atom stereocenters. The first-order chi connectivity index (χ1) is 17.4. The summed E-state index contributed by atoms with van der Waals surface area (Å²) >= 11 is 0. The van der Waals surface area contributed by atoms with Gasteiger partial charge in [0.15, 0.2) is 6.10 Å². The molecule has 2 heterocycles. The second-order valence-electron chi connectivity index (χ2n) is 8.69. The number of benzene rings is 2. The number of hydrogen-bond donors (Lipinski definition) is 0. The van der Waals surface area contributed by atoms with E-state index in [0.717, 1.165) is 0 Å². The van der Waals surface area contributed by atoms with Crippen molar-refractivity contribution >= 4 is 23.3 Å². The first kappa shape index (κ1) is 31.4. The second-order valence-corrected chi connectivity index (χ2v) is 8.69. The number of ether oxygens (including phenoxy) is 3. The van der Waals surface area contributed by atoms with Crippen molar-refractivity contribution in [3.63, 3.8) is 0 Å². The fourth-order valence-electron chi connectivity index (χ4n) is 4.00. The van der Waals surface area contributed by atoms with Crippen molar-refractivity contribution in [2.75, 3.05) is 57.3 Å². The summed E-state index contributed by atoms with van der Waals surface area (Å²) in [6.07, 6.45) is -2.03. The number of halogens is 4. The van der Waals surface area contributed by atoms with Crippen molar-refractivity contribution < 1.29 is 65.3 Å². The van der Waals surface area contributed by atoms with Crippen LogP contribution in [-0.4, -0.2) is 71.3 Å². The Hall–Kier alpha value is -2.78. The van der Waals surface area contributed by atoms with Gasteiger partial charge in [-0.3, -0.25) is 0 Å². The predicted molar refractivity (Wildman–Crippen MR) is 124 cm³/mol. The van der Waals surface area contributed by atoms with Crippen LogP contribution in [-0.2, 0) is 23.8 Å². The van der Waals surface area contributed by atoms with E-state index in [1.807, 2.05) is 0 Å². The third kappa shape index (κ3) is 7.63. The van der Waals surface area contributed by atoms with Gasteiger partial charge in [0.05, 0.1) is 39.3 Å². The van der Waals surface area contributed by atoms with E-state index in [1.165, 1.54) is 32.3 Å². The number of rotatable bonds is 8. The van der Waals surface area contributed by atoms with Crippen LogP contribution in [0.5, 0.6) is 0 Å². The number of aliphatic carboxylic acids is 1. The fourth-order valence-corrected chi connectivity index (χ4v) is 4.00. The minimum atomic E-state index is -2.66. The SMILES string of the molecule is COC(=O)C(OC)c1cccc(N2CC(F)(F)C2)c1.COC(C(=O)[O-])c1cccc(N2CC(F)(F)C2)c1.[Li+]. The van der Waals surface area contributed by atoms with E-state index < -0.39 is 36.0 Å². The Labute approximate surface area is 229 Å². The molecular weight excluding hydrogens is 507 g/mol. The number of anilines is 2. The Kier molecular flexibility index (Phi) is 10.6. The van der Waals surface area contributed by atoms with E-state index in [1.54, 1.807) is 47.4 Å². The Balaban J connectivity index is 0.000000260. The molecule has 202 valence electrons. The largest absolute Gasteiger partial charge is 1.00 e. The summed E-state index contributed by atoms with van der Waals surface area (Å²) in [5, 5.41) is 10.8. The third-order valence-corrected chi connectivity index (χ3v) is 5.87. The molecule has 2 fully saturated rings. The van der Waals surface area contributed by atoms with Gasteiger partial charge in [0.25, 0.3) is 11.8 Å². The first-order valence-electron chi connectivity index (χ1n) is 11.2. The van der Waals surface area contributed by atoms with Crippen LogP contribution in [0.2, 0.25) is 0 Å². The normalized spacial score (nSPS) is 18.4. The van der Waals surface area contributed by atoms with Gasteiger partial charge in [0.1, 0.15) is 6.10 Å². The van der Waals surface area contributed by atoms with Crippen LogP contribution in [0.3, 0.4) is 0 Å². The molecule has 0 amide bonds. The molecule has 0 saturated carbocycles. The van der Waals surface area contributed by atoms with Gasteiger partial charge < -0.3 is 33.9 Å². The number of hydrogen-bond acceptors (Lipinski definition) is 8. The van der Waals surface area contributed by atoms with E-state index in [9.17, 15) is 32.3 Å². The molecule has 0 spiro atoms. The Morgan fingerprint density at radius 3 is 1.50 bits per heavy atom. The number of carbonyl (C=O) groups is 2. The summed E-state index contributed by atoms with van der Waals surface area (Å²) in [6.45, 7) is -1.29. The fraction of sp³-hybridized carbons (Fsp3) is 0.440. The molecule has 0 N–H and O–H groups in total. The molecule has 38 heavy (non-hydrogen) atoms. The molecule has 2 aliphatic rings. The third-order valence-electron chi connectivity index (χ3n) is 5.87. The van der Waals surface area contributed by atoms with Gasteiger partial charge >= 0.3 is 24.8 Å². The molecule has 2 aromatic rings. The number of alkyl halides is 4. The van der Waals surface area contributed by atoms with Gasteiger partial charge in [-0.05, 0) is 35.4 Å². The summed E-state index contributed by atoms with van der Waals surface area (Å²) in [7, 11) is 3.92. The smallest absolute Gasteiger partial charge is 0.547 e. The zero-order chi connectivity index (χ0) is 27.4. The standard InChI is InChI=1S/C13H15F2NO3.C12H13F2NO3.Li/c1-18-11(12(17)19-2)9-4-3-5-10(6-9)16-7-13(14,15)8-16;1-18-10(11(16)17)8-3-2-4-9(5-8)15-6-12(13,14)7-15;/h3-6,11H,7-8H2,1-2H3;2-5,10H,6-7H2,1H3,(H,16,17);/q;;+1/p-1. The van der Waals surface area contributed by atoms with Gasteiger partial charge in [0, 0.05) is 25.6 Å². The van der Waals surface area contributed by atoms with Crippen molar-refractivity contribution in [3.05, 3.63) is 59.7 Å². The molecular formula is C25H27F4LiN2O6. The van der Waals surface area contributed by atoms with E-state index >= 15 is 0 Å². The van der Waals surface area contributed by atoms with Crippen molar-refractivity contribution in [1.29, 1.82) is 0 Å². The summed E-state index contributed by atoms with van der Waals surface area (Å²) < 4.78 is 65.7. The quantitative estimate of drug-likeness (QED) is 0.257. The van der Waals surface area contributed by atoms with Crippen LogP contribution in [0.25, 0.3) is 0 Å². The minimum absolute atomic E-state index is 0. The Morgan fingerprint density at radius 2 is 1.18 bits per heavy atom. The number of carbonyl (C=O) groups excluding carboxylic acids is 2. The molecule has 2 aromatic carbocycles. The molecule has 13 heteroatoms. The van der Waals surface area contributed by atoms with Gasteiger partial charge in [0.2, 0.25) is 0 Å². The van der Waals surface area contributed by atoms with Gasteiger partial charge in [-0.1, -0.05) is 24.3 Å². The predicted octanol–water partition coefficient (Wildman–Crippen LogP) is -0.414. The minimum Gasteiger partial charge on any atom is -0.547 e. The van der Waals surface area contributed by atoms with Crippen LogP contribution in [0, 0.1) is 0 Å². The maximum atomic E-state index is 12.8. The molecule has 2 saturated heterocycles. The molecule has 0 aromatic heterocycles. The van der Waals surface area contributed by atoms with Gasteiger partial charge in [-0.15, -0.1) is 0 Å².